The average molecular weight is 272 g/mol. The van der Waals surface area contributed by atoms with E-state index in [1.54, 1.807) is 0 Å². The highest BCUT2D eigenvalue weighted by Gasteiger charge is 2.16. The van der Waals surface area contributed by atoms with Crippen molar-refractivity contribution in [2.24, 2.45) is 5.92 Å². The maximum absolute atomic E-state index is 6.21. The molecule has 0 fully saturated rings. The first-order valence-electron chi connectivity index (χ1n) is 7.43. The third-order valence-electron chi connectivity index (χ3n) is 3.39. The molecule has 2 aromatic rings. The van der Waals surface area contributed by atoms with Gasteiger partial charge < -0.3 is 10.1 Å². The second-order valence-electron chi connectivity index (χ2n) is 5.44. The molecule has 3 nitrogen and oxygen atoms in total. The standard InChI is InChI=1S/C17H24N2O/c1-4-10-18-12-16(13(2)3)20-15-9-5-7-14-8-6-11-19-17(14)15/h5-9,11,13,16,18H,4,10,12H2,1-3H3. The number of pyridine rings is 1. The molecule has 3 heteroatoms. The van der Waals surface area contributed by atoms with E-state index in [2.05, 4.69) is 43.2 Å². The number of hydrogen-bond donors (Lipinski definition) is 1. The maximum atomic E-state index is 6.21. The van der Waals surface area contributed by atoms with E-state index < -0.39 is 0 Å². The molecule has 0 aliphatic carbocycles. The van der Waals surface area contributed by atoms with Crippen molar-refractivity contribution < 1.29 is 4.74 Å². The van der Waals surface area contributed by atoms with Crippen molar-refractivity contribution in [2.45, 2.75) is 33.3 Å². The van der Waals surface area contributed by atoms with Gasteiger partial charge in [-0.3, -0.25) is 4.98 Å². The van der Waals surface area contributed by atoms with Crippen LogP contribution in [0.25, 0.3) is 10.9 Å². The fraction of sp³-hybridized carbons (Fsp3) is 0.471. The number of benzene rings is 1. The van der Waals surface area contributed by atoms with Crippen molar-refractivity contribution in [2.75, 3.05) is 13.1 Å². The van der Waals surface area contributed by atoms with Crippen LogP contribution >= 0.6 is 0 Å². The van der Waals surface area contributed by atoms with Crippen LogP contribution in [-0.2, 0) is 0 Å². The van der Waals surface area contributed by atoms with E-state index in [-0.39, 0.29) is 6.10 Å². The Morgan fingerprint density at radius 3 is 2.75 bits per heavy atom. The fourth-order valence-corrected chi connectivity index (χ4v) is 2.17. The molecule has 0 radical (unpaired) electrons. The van der Waals surface area contributed by atoms with Gasteiger partial charge in [-0.25, -0.2) is 0 Å². The van der Waals surface area contributed by atoms with Gasteiger partial charge in [0.05, 0.1) is 0 Å². The Hall–Kier alpha value is -1.61. The van der Waals surface area contributed by atoms with E-state index in [4.69, 9.17) is 4.74 Å². The molecule has 108 valence electrons. The lowest BCUT2D eigenvalue weighted by Crippen LogP contribution is -2.35. The predicted octanol–water partition coefficient (Wildman–Crippen LogP) is 3.64. The Balaban J connectivity index is 2.15. The van der Waals surface area contributed by atoms with Crippen LogP contribution in [0.3, 0.4) is 0 Å². The second-order valence-corrected chi connectivity index (χ2v) is 5.44. The number of ether oxygens (including phenoxy) is 1. The van der Waals surface area contributed by atoms with Crippen LogP contribution in [0.2, 0.25) is 0 Å². The monoisotopic (exact) mass is 272 g/mol. The molecule has 0 aliphatic rings. The number of rotatable bonds is 7. The number of aromatic nitrogens is 1. The summed E-state index contributed by atoms with van der Waals surface area (Å²) in [4.78, 5) is 4.44. The van der Waals surface area contributed by atoms with Gasteiger partial charge in [-0.15, -0.1) is 0 Å². The van der Waals surface area contributed by atoms with Gasteiger partial charge >= 0.3 is 0 Å². The highest BCUT2D eigenvalue weighted by molar-refractivity contribution is 5.84. The number of nitrogens with zero attached hydrogens (tertiary/aromatic N) is 1. The van der Waals surface area contributed by atoms with Crippen molar-refractivity contribution in [1.29, 1.82) is 0 Å². The van der Waals surface area contributed by atoms with E-state index in [9.17, 15) is 0 Å². The quantitative estimate of drug-likeness (QED) is 0.781. The summed E-state index contributed by atoms with van der Waals surface area (Å²) in [5.41, 5.74) is 0.941. The molecule has 1 aromatic carbocycles. The summed E-state index contributed by atoms with van der Waals surface area (Å²) in [6.45, 7) is 8.45. The van der Waals surface area contributed by atoms with Crippen molar-refractivity contribution in [3.8, 4) is 5.75 Å². The molecule has 1 aromatic heterocycles. The third-order valence-corrected chi connectivity index (χ3v) is 3.39. The lowest BCUT2D eigenvalue weighted by molar-refractivity contribution is 0.151. The van der Waals surface area contributed by atoms with Gasteiger partial charge in [-0.05, 0) is 31.0 Å². The van der Waals surface area contributed by atoms with E-state index in [0.717, 1.165) is 36.2 Å². The number of para-hydroxylation sites is 1. The lowest BCUT2D eigenvalue weighted by Gasteiger charge is -2.23. The summed E-state index contributed by atoms with van der Waals surface area (Å²) in [5.74, 6) is 1.33. The molecule has 0 aliphatic heterocycles. The molecular formula is C17H24N2O. The topological polar surface area (TPSA) is 34.1 Å². The van der Waals surface area contributed by atoms with E-state index in [1.165, 1.54) is 0 Å². The smallest absolute Gasteiger partial charge is 0.146 e. The minimum absolute atomic E-state index is 0.161. The van der Waals surface area contributed by atoms with Crippen molar-refractivity contribution in [1.82, 2.24) is 10.3 Å². The molecule has 0 saturated heterocycles. The molecule has 20 heavy (non-hydrogen) atoms. The van der Waals surface area contributed by atoms with Gasteiger partial charge in [0, 0.05) is 18.1 Å². The Bertz CT molecular complexity index is 534. The largest absolute Gasteiger partial charge is 0.487 e. The first kappa shape index (κ1) is 14.8. The molecule has 0 saturated carbocycles. The number of fused-ring (bicyclic) bond motifs is 1. The normalized spacial score (nSPS) is 12.8. The highest BCUT2D eigenvalue weighted by Crippen LogP contribution is 2.25. The summed E-state index contributed by atoms with van der Waals surface area (Å²) in [6, 6.07) is 10.1. The molecule has 0 bridgehead atoms. The molecular weight excluding hydrogens is 248 g/mol. The molecule has 1 atom stereocenters. The summed E-state index contributed by atoms with van der Waals surface area (Å²) in [6.07, 6.45) is 3.12. The average Bonchev–Trinajstić information content (AvgIpc) is 2.46. The summed E-state index contributed by atoms with van der Waals surface area (Å²) in [5, 5.41) is 4.56. The summed E-state index contributed by atoms with van der Waals surface area (Å²) in [7, 11) is 0. The Morgan fingerprint density at radius 1 is 1.20 bits per heavy atom. The zero-order valence-electron chi connectivity index (χ0n) is 12.6. The molecule has 1 N–H and O–H groups in total. The molecule has 1 unspecified atom stereocenters. The lowest BCUT2D eigenvalue weighted by atomic mass is 10.1. The number of hydrogen-bond acceptors (Lipinski definition) is 3. The van der Waals surface area contributed by atoms with Crippen LogP contribution in [0, 0.1) is 5.92 Å². The minimum atomic E-state index is 0.161. The Labute approximate surface area is 121 Å². The van der Waals surface area contributed by atoms with Crippen LogP contribution in [-0.4, -0.2) is 24.2 Å². The molecule has 0 amide bonds. The van der Waals surface area contributed by atoms with E-state index >= 15 is 0 Å². The zero-order chi connectivity index (χ0) is 14.4. The molecule has 1 heterocycles. The van der Waals surface area contributed by atoms with Gasteiger partial charge in [0.2, 0.25) is 0 Å². The van der Waals surface area contributed by atoms with Gasteiger partial charge in [0.1, 0.15) is 17.4 Å². The highest BCUT2D eigenvalue weighted by atomic mass is 16.5. The SMILES string of the molecule is CCCNCC(Oc1cccc2cccnc12)C(C)C. The van der Waals surface area contributed by atoms with E-state index in [0.29, 0.717) is 5.92 Å². The van der Waals surface area contributed by atoms with Crippen LogP contribution < -0.4 is 10.1 Å². The third kappa shape index (κ3) is 3.70. The van der Waals surface area contributed by atoms with Gasteiger partial charge in [-0.2, -0.15) is 0 Å². The van der Waals surface area contributed by atoms with Crippen LogP contribution in [0.15, 0.2) is 36.5 Å². The fourth-order valence-electron chi connectivity index (χ4n) is 2.17. The van der Waals surface area contributed by atoms with Crippen molar-refractivity contribution >= 4 is 10.9 Å². The van der Waals surface area contributed by atoms with Gasteiger partial charge in [-0.1, -0.05) is 39.0 Å². The Kier molecular flexibility index (Phi) is 5.36. The first-order chi connectivity index (χ1) is 9.72. The van der Waals surface area contributed by atoms with Crippen LogP contribution in [0.1, 0.15) is 27.2 Å². The molecule has 2 rings (SSSR count). The Morgan fingerprint density at radius 2 is 2.00 bits per heavy atom. The maximum Gasteiger partial charge on any atom is 0.146 e. The predicted molar refractivity (Wildman–Crippen MR) is 84.2 cm³/mol. The van der Waals surface area contributed by atoms with E-state index in [1.807, 2.05) is 24.4 Å². The molecule has 0 spiro atoms. The summed E-state index contributed by atoms with van der Waals surface area (Å²) < 4.78 is 6.21. The second kappa shape index (κ2) is 7.25. The zero-order valence-corrected chi connectivity index (χ0v) is 12.6. The van der Waals surface area contributed by atoms with Crippen molar-refractivity contribution in [3.05, 3.63) is 36.5 Å². The van der Waals surface area contributed by atoms with Crippen LogP contribution in [0.4, 0.5) is 0 Å². The summed E-state index contributed by atoms with van der Waals surface area (Å²) >= 11 is 0. The number of nitrogens with one attached hydrogen (secondary N) is 1. The minimum Gasteiger partial charge on any atom is -0.487 e. The van der Waals surface area contributed by atoms with Crippen LogP contribution in [0.5, 0.6) is 5.75 Å². The van der Waals surface area contributed by atoms with Crippen molar-refractivity contribution in [3.63, 3.8) is 0 Å². The first-order valence-corrected chi connectivity index (χ1v) is 7.43. The van der Waals surface area contributed by atoms with Gasteiger partial charge in [0.15, 0.2) is 0 Å². The van der Waals surface area contributed by atoms with Gasteiger partial charge in [0.25, 0.3) is 0 Å².